The van der Waals surface area contributed by atoms with E-state index in [0.29, 0.717) is 0 Å². The maximum absolute atomic E-state index is 6.11. The molecule has 1 aromatic rings. The molecule has 1 atom stereocenters. The standard InChI is InChI=1S/C15H22BN2O2P/c1-7-11-12(9-10-17-13(11)18(21)8-2)16-19-14(3,4)15(5,6)20-16/h7-10H,1-2,21H2,3-6H3. The number of rotatable bonds is 4. The van der Waals surface area contributed by atoms with Gasteiger partial charge in [0.2, 0.25) is 0 Å². The van der Waals surface area contributed by atoms with E-state index in [-0.39, 0.29) is 11.2 Å². The van der Waals surface area contributed by atoms with Crippen molar-refractivity contribution in [3.8, 4) is 0 Å². The molecule has 0 saturated carbocycles. The summed E-state index contributed by atoms with van der Waals surface area (Å²) >= 11 is 0. The number of hydrogen-bond donors (Lipinski definition) is 0. The third kappa shape index (κ3) is 2.78. The molecule has 1 saturated heterocycles. The predicted octanol–water partition coefficient (Wildman–Crippen LogP) is 2.76. The van der Waals surface area contributed by atoms with Crippen LogP contribution < -0.4 is 10.1 Å². The van der Waals surface area contributed by atoms with Crippen molar-refractivity contribution in [3.05, 3.63) is 37.2 Å². The molecular formula is C15H22BN2O2P. The zero-order valence-corrected chi connectivity index (χ0v) is 14.2. The largest absolute Gasteiger partial charge is 0.495 e. The van der Waals surface area contributed by atoms with Gasteiger partial charge in [0.25, 0.3) is 0 Å². The molecule has 1 fully saturated rings. The van der Waals surface area contributed by atoms with E-state index in [4.69, 9.17) is 9.31 Å². The second-order valence-corrected chi connectivity index (χ2v) is 6.58. The molecule has 0 aliphatic carbocycles. The molecule has 0 spiro atoms. The lowest BCUT2D eigenvalue weighted by Crippen LogP contribution is -2.41. The Balaban J connectivity index is 2.47. The van der Waals surface area contributed by atoms with Crippen LogP contribution in [-0.2, 0) is 9.31 Å². The number of hydrogen-bond acceptors (Lipinski definition) is 4. The first-order valence-corrected chi connectivity index (χ1v) is 7.38. The highest BCUT2D eigenvalue weighted by atomic mass is 31.0. The molecule has 1 aromatic heterocycles. The van der Waals surface area contributed by atoms with Crippen molar-refractivity contribution in [2.75, 3.05) is 4.67 Å². The van der Waals surface area contributed by atoms with E-state index in [9.17, 15) is 0 Å². The molecule has 0 N–H and O–H groups in total. The van der Waals surface area contributed by atoms with E-state index < -0.39 is 7.12 Å². The van der Waals surface area contributed by atoms with Gasteiger partial charge in [0.1, 0.15) is 5.82 Å². The number of anilines is 1. The summed E-state index contributed by atoms with van der Waals surface area (Å²) < 4.78 is 14.0. The Kier molecular flexibility index (Phi) is 4.30. The summed E-state index contributed by atoms with van der Waals surface area (Å²) in [6.07, 6.45) is 5.18. The first kappa shape index (κ1) is 16.2. The summed E-state index contributed by atoms with van der Waals surface area (Å²) in [5, 5.41) is 0. The van der Waals surface area contributed by atoms with Gasteiger partial charge in [-0.15, -0.1) is 0 Å². The Morgan fingerprint density at radius 1 is 1.24 bits per heavy atom. The molecule has 6 heteroatoms. The van der Waals surface area contributed by atoms with Gasteiger partial charge < -0.3 is 14.0 Å². The maximum Gasteiger partial charge on any atom is 0.495 e. The summed E-state index contributed by atoms with van der Waals surface area (Å²) in [5.41, 5.74) is 1.05. The molecule has 2 heterocycles. The first-order valence-electron chi connectivity index (χ1n) is 6.87. The van der Waals surface area contributed by atoms with Crippen molar-refractivity contribution in [2.45, 2.75) is 38.9 Å². The van der Waals surface area contributed by atoms with Crippen LogP contribution in [0, 0.1) is 0 Å². The average molecular weight is 304 g/mol. The fourth-order valence-corrected chi connectivity index (χ4v) is 2.36. The summed E-state index contributed by atoms with van der Waals surface area (Å²) in [5.74, 6) is 0.747. The molecule has 1 unspecified atom stereocenters. The van der Waals surface area contributed by atoms with Crippen LogP contribution in [0.15, 0.2) is 31.6 Å². The smallest absolute Gasteiger partial charge is 0.399 e. The highest BCUT2D eigenvalue weighted by Gasteiger charge is 2.52. The second kappa shape index (κ2) is 5.56. The zero-order valence-electron chi connectivity index (χ0n) is 13.1. The Labute approximate surface area is 129 Å². The molecule has 2 rings (SSSR count). The predicted molar refractivity (Wildman–Crippen MR) is 92.4 cm³/mol. The maximum atomic E-state index is 6.11. The second-order valence-electron chi connectivity index (χ2n) is 6.02. The molecule has 1 aliphatic rings. The van der Waals surface area contributed by atoms with E-state index in [1.807, 2.05) is 33.8 Å². The van der Waals surface area contributed by atoms with Gasteiger partial charge in [0.15, 0.2) is 0 Å². The third-order valence-electron chi connectivity index (χ3n) is 4.16. The van der Waals surface area contributed by atoms with Gasteiger partial charge in [-0.05, 0) is 48.6 Å². The minimum Gasteiger partial charge on any atom is -0.399 e. The molecule has 0 radical (unpaired) electrons. The van der Waals surface area contributed by atoms with E-state index in [1.54, 1.807) is 23.1 Å². The Morgan fingerprint density at radius 2 is 1.81 bits per heavy atom. The number of aromatic nitrogens is 1. The SMILES string of the molecule is C=Cc1c(B2OC(C)(C)C(C)(C)O2)ccnc1N(P)C=C. The van der Waals surface area contributed by atoms with E-state index in [2.05, 4.69) is 27.5 Å². The Morgan fingerprint density at radius 3 is 2.29 bits per heavy atom. The van der Waals surface area contributed by atoms with Gasteiger partial charge in [-0.3, -0.25) is 0 Å². The molecule has 0 bridgehead atoms. The van der Waals surface area contributed by atoms with Crippen molar-refractivity contribution < 1.29 is 9.31 Å². The fraction of sp³-hybridized carbons (Fsp3) is 0.400. The molecule has 1 aliphatic heterocycles. The first-order chi connectivity index (χ1) is 9.73. The van der Waals surface area contributed by atoms with Crippen LogP contribution in [0.25, 0.3) is 6.08 Å². The van der Waals surface area contributed by atoms with Crippen molar-refractivity contribution >= 4 is 33.9 Å². The van der Waals surface area contributed by atoms with Crippen molar-refractivity contribution in [2.24, 2.45) is 0 Å². The van der Waals surface area contributed by atoms with E-state index in [0.717, 1.165) is 16.8 Å². The molecule has 21 heavy (non-hydrogen) atoms. The molecule has 4 nitrogen and oxygen atoms in total. The zero-order chi connectivity index (χ0) is 15.8. The summed E-state index contributed by atoms with van der Waals surface area (Å²) in [6, 6.07) is 1.91. The van der Waals surface area contributed by atoms with Crippen LogP contribution >= 0.6 is 9.39 Å². The van der Waals surface area contributed by atoms with Crippen molar-refractivity contribution in [3.63, 3.8) is 0 Å². The van der Waals surface area contributed by atoms with E-state index >= 15 is 0 Å². The molecule has 0 aromatic carbocycles. The normalized spacial score (nSPS) is 19.4. The van der Waals surface area contributed by atoms with E-state index in [1.165, 1.54) is 0 Å². The van der Waals surface area contributed by atoms with Crippen LogP contribution in [0.4, 0.5) is 5.82 Å². The highest BCUT2D eigenvalue weighted by molar-refractivity contribution is 7.19. The molecule has 0 amide bonds. The van der Waals surface area contributed by atoms with Gasteiger partial charge in [-0.1, -0.05) is 19.2 Å². The Hall–Kier alpha value is -1.16. The lowest BCUT2D eigenvalue weighted by atomic mass is 9.76. The average Bonchev–Trinajstić information content (AvgIpc) is 2.65. The van der Waals surface area contributed by atoms with Crippen LogP contribution in [0.2, 0.25) is 0 Å². The quantitative estimate of drug-likeness (QED) is 0.633. The van der Waals surface area contributed by atoms with Crippen LogP contribution in [0.5, 0.6) is 0 Å². The fourth-order valence-electron chi connectivity index (χ4n) is 2.15. The van der Waals surface area contributed by atoms with Gasteiger partial charge >= 0.3 is 7.12 Å². The lowest BCUT2D eigenvalue weighted by molar-refractivity contribution is 0.00578. The minimum atomic E-state index is -0.437. The van der Waals surface area contributed by atoms with Crippen molar-refractivity contribution in [1.82, 2.24) is 4.98 Å². The van der Waals surface area contributed by atoms with Crippen molar-refractivity contribution in [1.29, 1.82) is 0 Å². The molecule has 112 valence electrons. The Bertz CT molecular complexity index is 559. The highest BCUT2D eigenvalue weighted by Crippen LogP contribution is 2.37. The van der Waals surface area contributed by atoms with Gasteiger partial charge in [-0.25, -0.2) is 4.98 Å². The van der Waals surface area contributed by atoms with Gasteiger partial charge in [0.05, 0.1) is 11.2 Å². The topological polar surface area (TPSA) is 34.6 Å². The van der Waals surface area contributed by atoms with Crippen LogP contribution in [0.1, 0.15) is 33.3 Å². The molecular weight excluding hydrogens is 282 g/mol. The summed E-state index contributed by atoms with van der Waals surface area (Å²) in [7, 11) is 2.12. The van der Waals surface area contributed by atoms with Gasteiger partial charge in [-0.2, -0.15) is 0 Å². The number of nitrogens with zero attached hydrogens (tertiary/aromatic N) is 2. The summed E-state index contributed by atoms with van der Waals surface area (Å²) in [4.78, 5) is 4.38. The summed E-state index contributed by atoms with van der Waals surface area (Å²) in [6.45, 7) is 15.8. The van der Waals surface area contributed by atoms with Crippen LogP contribution in [-0.4, -0.2) is 23.3 Å². The van der Waals surface area contributed by atoms with Gasteiger partial charge in [0, 0.05) is 18.0 Å². The third-order valence-corrected chi connectivity index (χ3v) is 4.61. The monoisotopic (exact) mass is 304 g/mol. The van der Waals surface area contributed by atoms with Crippen LogP contribution in [0.3, 0.4) is 0 Å². The lowest BCUT2D eigenvalue weighted by Gasteiger charge is -2.32. The number of pyridine rings is 1. The minimum absolute atomic E-state index is 0.376.